The lowest BCUT2D eigenvalue weighted by molar-refractivity contribution is -0.158. The Morgan fingerprint density at radius 1 is 1.35 bits per heavy atom. The zero-order chi connectivity index (χ0) is 11.9. The summed E-state index contributed by atoms with van der Waals surface area (Å²) in [4.78, 5) is 12.0. The van der Waals surface area contributed by atoms with Gasteiger partial charge in [-0.15, -0.1) is 0 Å². The maximum absolute atomic E-state index is 12.0. The molecule has 2 unspecified atom stereocenters. The normalized spacial score (nSPS) is 31.7. The fourth-order valence-electron chi connectivity index (χ4n) is 2.14. The maximum Gasteiger partial charge on any atom is 0.341 e. The van der Waals surface area contributed by atoms with Crippen molar-refractivity contribution in [2.45, 2.75) is 44.0 Å². The Labute approximate surface area is 101 Å². The molecule has 2 aliphatic rings. The number of carbonyl (C=O) groups is 1. The van der Waals surface area contributed by atoms with E-state index in [4.69, 9.17) is 9.47 Å². The van der Waals surface area contributed by atoms with Crippen LogP contribution in [0.1, 0.15) is 37.9 Å². The zero-order valence-corrected chi connectivity index (χ0v) is 9.89. The van der Waals surface area contributed by atoms with Crippen molar-refractivity contribution in [3.05, 3.63) is 35.9 Å². The van der Waals surface area contributed by atoms with Crippen molar-refractivity contribution >= 4 is 5.97 Å². The molecule has 1 saturated heterocycles. The average molecular weight is 232 g/mol. The van der Waals surface area contributed by atoms with Crippen molar-refractivity contribution in [1.29, 1.82) is 0 Å². The standard InChI is InChI=1S/C14H16O3/c1-14(13(15)16-11-8-5-9-11)12(17-14)10-6-3-2-4-7-10/h2-4,6-7,11-12H,5,8-9H2,1H3. The van der Waals surface area contributed by atoms with Gasteiger partial charge in [0.25, 0.3) is 0 Å². The van der Waals surface area contributed by atoms with E-state index in [0.29, 0.717) is 0 Å². The summed E-state index contributed by atoms with van der Waals surface area (Å²) in [5.41, 5.74) is 0.275. The van der Waals surface area contributed by atoms with Crippen LogP contribution in [0.15, 0.2) is 30.3 Å². The molecule has 0 N–H and O–H groups in total. The second-order valence-corrected chi connectivity index (χ2v) is 4.97. The van der Waals surface area contributed by atoms with E-state index in [0.717, 1.165) is 24.8 Å². The third-order valence-corrected chi connectivity index (χ3v) is 3.64. The van der Waals surface area contributed by atoms with Crippen LogP contribution in [-0.2, 0) is 14.3 Å². The second-order valence-electron chi connectivity index (χ2n) is 4.97. The maximum atomic E-state index is 12.0. The van der Waals surface area contributed by atoms with Crippen LogP contribution in [-0.4, -0.2) is 17.7 Å². The Hall–Kier alpha value is -1.35. The van der Waals surface area contributed by atoms with Gasteiger partial charge in [-0.2, -0.15) is 0 Å². The molecule has 0 amide bonds. The Balaban J connectivity index is 1.66. The Morgan fingerprint density at radius 3 is 2.65 bits per heavy atom. The number of benzene rings is 1. The Kier molecular flexibility index (Phi) is 2.44. The van der Waals surface area contributed by atoms with Crippen molar-refractivity contribution in [2.24, 2.45) is 0 Å². The van der Waals surface area contributed by atoms with E-state index in [-0.39, 0.29) is 18.2 Å². The van der Waals surface area contributed by atoms with Crippen LogP contribution in [0.3, 0.4) is 0 Å². The molecular weight excluding hydrogens is 216 g/mol. The fourth-order valence-corrected chi connectivity index (χ4v) is 2.14. The molecular formula is C14H16O3. The summed E-state index contributed by atoms with van der Waals surface area (Å²) < 4.78 is 10.9. The van der Waals surface area contributed by atoms with Crippen LogP contribution in [0.2, 0.25) is 0 Å². The van der Waals surface area contributed by atoms with Gasteiger partial charge in [0.15, 0.2) is 5.60 Å². The zero-order valence-electron chi connectivity index (χ0n) is 9.89. The van der Waals surface area contributed by atoms with Gasteiger partial charge in [0.1, 0.15) is 12.2 Å². The Morgan fingerprint density at radius 2 is 2.06 bits per heavy atom. The first-order valence-corrected chi connectivity index (χ1v) is 6.14. The number of carbonyl (C=O) groups excluding carboxylic acids is 1. The van der Waals surface area contributed by atoms with Crippen LogP contribution in [0, 0.1) is 0 Å². The van der Waals surface area contributed by atoms with E-state index in [1.165, 1.54) is 0 Å². The average Bonchev–Trinajstić information content (AvgIpc) is 2.99. The molecule has 2 fully saturated rings. The first-order chi connectivity index (χ1) is 8.20. The van der Waals surface area contributed by atoms with Gasteiger partial charge in [-0.3, -0.25) is 0 Å². The van der Waals surface area contributed by atoms with Gasteiger partial charge in [-0.25, -0.2) is 4.79 Å². The van der Waals surface area contributed by atoms with Crippen molar-refractivity contribution in [3.8, 4) is 0 Å². The minimum atomic E-state index is -0.767. The van der Waals surface area contributed by atoms with Gasteiger partial charge < -0.3 is 9.47 Å². The highest BCUT2D eigenvalue weighted by atomic mass is 16.7. The number of rotatable bonds is 3. The van der Waals surface area contributed by atoms with Crippen LogP contribution in [0.4, 0.5) is 0 Å². The van der Waals surface area contributed by atoms with Crippen molar-refractivity contribution in [2.75, 3.05) is 0 Å². The predicted molar refractivity (Wildman–Crippen MR) is 62.4 cm³/mol. The number of epoxide rings is 1. The SMILES string of the molecule is CC1(C(=O)OC2CCC2)OC1c1ccccc1. The number of ether oxygens (including phenoxy) is 2. The molecule has 1 aliphatic carbocycles. The lowest BCUT2D eigenvalue weighted by atomic mass is 9.95. The molecule has 3 rings (SSSR count). The molecule has 0 radical (unpaired) electrons. The molecule has 0 spiro atoms. The molecule has 90 valence electrons. The molecule has 3 heteroatoms. The highest BCUT2D eigenvalue weighted by Crippen LogP contribution is 2.50. The number of hydrogen-bond donors (Lipinski definition) is 0. The quantitative estimate of drug-likeness (QED) is 0.594. The largest absolute Gasteiger partial charge is 0.460 e. The van der Waals surface area contributed by atoms with Gasteiger partial charge in [-0.05, 0) is 31.7 Å². The van der Waals surface area contributed by atoms with Gasteiger partial charge in [0.05, 0.1) is 0 Å². The van der Waals surface area contributed by atoms with Crippen molar-refractivity contribution in [1.82, 2.24) is 0 Å². The first-order valence-electron chi connectivity index (χ1n) is 6.14. The molecule has 1 aliphatic heterocycles. The highest BCUT2D eigenvalue weighted by Gasteiger charge is 2.61. The molecule has 17 heavy (non-hydrogen) atoms. The molecule has 0 bridgehead atoms. The van der Waals surface area contributed by atoms with E-state index in [1.54, 1.807) is 0 Å². The first kappa shape index (κ1) is 10.8. The monoisotopic (exact) mass is 232 g/mol. The lowest BCUT2D eigenvalue weighted by Crippen LogP contribution is -2.32. The molecule has 3 nitrogen and oxygen atoms in total. The van der Waals surface area contributed by atoms with E-state index in [1.807, 2.05) is 37.3 Å². The third kappa shape index (κ3) is 1.84. The number of esters is 1. The van der Waals surface area contributed by atoms with Crippen LogP contribution >= 0.6 is 0 Å². The summed E-state index contributed by atoms with van der Waals surface area (Å²) >= 11 is 0. The van der Waals surface area contributed by atoms with Gasteiger partial charge in [0, 0.05) is 0 Å². The molecule has 1 saturated carbocycles. The van der Waals surface area contributed by atoms with Crippen molar-refractivity contribution in [3.63, 3.8) is 0 Å². The minimum Gasteiger partial charge on any atom is -0.460 e. The summed E-state index contributed by atoms with van der Waals surface area (Å²) in [5, 5.41) is 0. The van der Waals surface area contributed by atoms with E-state index >= 15 is 0 Å². The van der Waals surface area contributed by atoms with E-state index in [9.17, 15) is 4.79 Å². The molecule has 1 aromatic rings. The Bertz CT molecular complexity index is 424. The van der Waals surface area contributed by atoms with Crippen LogP contribution in [0.25, 0.3) is 0 Å². The van der Waals surface area contributed by atoms with Gasteiger partial charge in [0.2, 0.25) is 0 Å². The molecule has 0 aromatic heterocycles. The smallest absolute Gasteiger partial charge is 0.341 e. The minimum absolute atomic E-state index is 0.125. The van der Waals surface area contributed by atoms with E-state index < -0.39 is 5.60 Å². The lowest BCUT2D eigenvalue weighted by Gasteiger charge is -2.26. The van der Waals surface area contributed by atoms with Crippen molar-refractivity contribution < 1.29 is 14.3 Å². The second kappa shape index (κ2) is 3.84. The van der Waals surface area contributed by atoms with Gasteiger partial charge in [-0.1, -0.05) is 30.3 Å². The summed E-state index contributed by atoms with van der Waals surface area (Å²) in [7, 11) is 0. The summed E-state index contributed by atoms with van der Waals surface area (Å²) in [6.07, 6.45) is 3.14. The summed E-state index contributed by atoms with van der Waals surface area (Å²) in [6, 6.07) is 9.82. The van der Waals surface area contributed by atoms with Crippen LogP contribution in [0.5, 0.6) is 0 Å². The van der Waals surface area contributed by atoms with E-state index in [2.05, 4.69) is 0 Å². The van der Waals surface area contributed by atoms with Gasteiger partial charge >= 0.3 is 5.97 Å². The van der Waals surface area contributed by atoms with Crippen LogP contribution < -0.4 is 0 Å². The molecule has 1 aromatic carbocycles. The summed E-state index contributed by atoms with van der Waals surface area (Å²) in [6.45, 7) is 1.81. The predicted octanol–water partition coefficient (Wildman–Crippen LogP) is 2.61. The topological polar surface area (TPSA) is 38.8 Å². The summed E-state index contributed by atoms with van der Waals surface area (Å²) in [5.74, 6) is -0.212. The fraction of sp³-hybridized carbons (Fsp3) is 0.500. The molecule has 2 atom stereocenters. The highest BCUT2D eigenvalue weighted by molar-refractivity contribution is 5.83. The molecule has 1 heterocycles. The third-order valence-electron chi connectivity index (χ3n) is 3.64. The number of hydrogen-bond acceptors (Lipinski definition) is 3.